The summed E-state index contributed by atoms with van der Waals surface area (Å²) in [4.78, 5) is 11.5. The summed E-state index contributed by atoms with van der Waals surface area (Å²) in [5, 5.41) is 13.8. The fourth-order valence-corrected chi connectivity index (χ4v) is 1.53. The maximum absolute atomic E-state index is 13.4. The molecule has 0 aliphatic carbocycles. The number of hydrogen-bond donors (Lipinski definition) is 3. The summed E-state index contributed by atoms with van der Waals surface area (Å²) in [6.07, 6.45) is 0.0644. The van der Waals surface area contributed by atoms with Crippen molar-refractivity contribution in [2.24, 2.45) is 10.9 Å². The predicted molar refractivity (Wildman–Crippen MR) is 66.1 cm³/mol. The van der Waals surface area contributed by atoms with Crippen LogP contribution in [0, 0.1) is 5.82 Å². The first-order valence-electron chi connectivity index (χ1n) is 5.20. The second kappa shape index (κ2) is 6.80. The van der Waals surface area contributed by atoms with Gasteiger partial charge in [-0.1, -0.05) is 22.8 Å². The molecule has 0 heterocycles. The average molecular weight is 274 g/mol. The standard InChI is InChI=1S/C11H13ClFN3O2/c12-8-2-1-3-9(13)7(8)6-11(17)15-5-4-10(14)16-18/h1-3,18H,4-6H2,(H2,14,16)(H,15,17). The van der Waals surface area contributed by atoms with Gasteiger partial charge >= 0.3 is 0 Å². The number of nitrogens with two attached hydrogens (primary N) is 1. The van der Waals surface area contributed by atoms with Crippen LogP contribution in [0.15, 0.2) is 23.4 Å². The fraction of sp³-hybridized carbons (Fsp3) is 0.273. The normalized spacial score (nSPS) is 11.3. The number of amides is 1. The molecule has 0 unspecified atom stereocenters. The summed E-state index contributed by atoms with van der Waals surface area (Å²) in [7, 11) is 0. The molecule has 7 heteroatoms. The zero-order chi connectivity index (χ0) is 13.5. The highest BCUT2D eigenvalue weighted by molar-refractivity contribution is 6.31. The van der Waals surface area contributed by atoms with Gasteiger partial charge in [-0.2, -0.15) is 0 Å². The molecule has 0 aliphatic heterocycles. The van der Waals surface area contributed by atoms with Crippen molar-refractivity contribution < 1.29 is 14.4 Å². The van der Waals surface area contributed by atoms with Crippen LogP contribution in [0.25, 0.3) is 0 Å². The average Bonchev–Trinajstić information content (AvgIpc) is 2.34. The number of oxime groups is 1. The minimum absolute atomic E-state index is 0.0132. The van der Waals surface area contributed by atoms with Gasteiger partial charge in [0.05, 0.1) is 6.42 Å². The molecule has 18 heavy (non-hydrogen) atoms. The van der Waals surface area contributed by atoms with E-state index in [1.54, 1.807) is 0 Å². The Hall–Kier alpha value is -1.82. The van der Waals surface area contributed by atoms with Gasteiger partial charge in [-0.25, -0.2) is 4.39 Å². The highest BCUT2D eigenvalue weighted by Crippen LogP contribution is 2.19. The van der Waals surface area contributed by atoms with Crippen molar-refractivity contribution in [3.8, 4) is 0 Å². The lowest BCUT2D eigenvalue weighted by Gasteiger charge is -2.07. The molecular weight excluding hydrogens is 261 g/mol. The number of amidine groups is 1. The predicted octanol–water partition coefficient (Wildman–Crippen LogP) is 1.27. The second-order valence-corrected chi connectivity index (χ2v) is 3.98. The van der Waals surface area contributed by atoms with E-state index in [2.05, 4.69) is 10.5 Å². The maximum Gasteiger partial charge on any atom is 0.224 e. The van der Waals surface area contributed by atoms with Crippen LogP contribution < -0.4 is 11.1 Å². The van der Waals surface area contributed by atoms with E-state index < -0.39 is 5.82 Å². The summed E-state index contributed by atoms with van der Waals surface area (Å²) < 4.78 is 13.4. The largest absolute Gasteiger partial charge is 0.409 e. The Morgan fingerprint density at radius 1 is 1.56 bits per heavy atom. The van der Waals surface area contributed by atoms with Gasteiger partial charge in [0.25, 0.3) is 0 Å². The van der Waals surface area contributed by atoms with E-state index >= 15 is 0 Å². The van der Waals surface area contributed by atoms with Crippen LogP contribution in [0.3, 0.4) is 0 Å². The topological polar surface area (TPSA) is 87.7 Å². The molecule has 1 rings (SSSR count). The quantitative estimate of drug-likeness (QED) is 0.327. The Labute approximate surface area is 108 Å². The first-order valence-corrected chi connectivity index (χ1v) is 5.58. The van der Waals surface area contributed by atoms with Gasteiger partial charge in [0.1, 0.15) is 11.7 Å². The van der Waals surface area contributed by atoms with Gasteiger partial charge in [-0.3, -0.25) is 4.79 Å². The molecule has 0 saturated carbocycles. The first kappa shape index (κ1) is 14.2. The number of nitrogens with zero attached hydrogens (tertiary/aromatic N) is 1. The van der Waals surface area contributed by atoms with Crippen LogP contribution in [0.1, 0.15) is 12.0 Å². The van der Waals surface area contributed by atoms with E-state index in [1.165, 1.54) is 18.2 Å². The van der Waals surface area contributed by atoms with Gasteiger partial charge in [-0.05, 0) is 12.1 Å². The SMILES string of the molecule is NC(CCNC(=O)Cc1c(F)cccc1Cl)=NO. The van der Waals surface area contributed by atoms with Gasteiger partial charge in [-0.15, -0.1) is 0 Å². The zero-order valence-corrected chi connectivity index (χ0v) is 10.2. The number of carbonyl (C=O) groups excluding carboxylic acids is 1. The molecule has 0 spiro atoms. The number of benzene rings is 1. The Balaban J connectivity index is 2.50. The van der Waals surface area contributed by atoms with Crippen molar-refractivity contribution >= 4 is 23.3 Å². The minimum atomic E-state index is -0.519. The molecule has 0 aliphatic rings. The van der Waals surface area contributed by atoms with Crippen molar-refractivity contribution in [2.45, 2.75) is 12.8 Å². The molecule has 0 fully saturated rings. The molecule has 5 nitrogen and oxygen atoms in total. The van der Waals surface area contributed by atoms with Crippen LogP contribution in [0.2, 0.25) is 5.02 Å². The van der Waals surface area contributed by atoms with Crippen molar-refractivity contribution in [1.29, 1.82) is 0 Å². The molecule has 98 valence electrons. The lowest BCUT2D eigenvalue weighted by molar-refractivity contribution is -0.120. The maximum atomic E-state index is 13.4. The van der Waals surface area contributed by atoms with Gasteiger partial charge in [0.2, 0.25) is 5.91 Å². The van der Waals surface area contributed by atoms with Crippen molar-refractivity contribution in [3.63, 3.8) is 0 Å². The van der Waals surface area contributed by atoms with E-state index in [0.29, 0.717) is 0 Å². The molecule has 1 aromatic carbocycles. The van der Waals surface area contributed by atoms with E-state index in [9.17, 15) is 9.18 Å². The van der Waals surface area contributed by atoms with Crippen molar-refractivity contribution in [3.05, 3.63) is 34.6 Å². The third kappa shape index (κ3) is 4.21. The lowest BCUT2D eigenvalue weighted by atomic mass is 10.1. The third-order valence-corrected chi connectivity index (χ3v) is 2.58. The molecule has 0 radical (unpaired) electrons. The Kier molecular flexibility index (Phi) is 5.38. The highest BCUT2D eigenvalue weighted by atomic mass is 35.5. The molecule has 1 amide bonds. The molecule has 0 bridgehead atoms. The molecule has 0 atom stereocenters. The summed E-state index contributed by atoms with van der Waals surface area (Å²) in [6.45, 7) is 0.209. The number of halogens is 2. The Morgan fingerprint density at radius 3 is 2.89 bits per heavy atom. The van der Waals surface area contributed by atoms with Crippen molar-refractivity contribution in [2.75, 3.05) is 6.54 Å². The highest BCUT2D eigenvalue weighted by Gasteiger charge is 2.11. The third-order valence-electron chi connectivity index (χ3n) is 2.23. The van der Waals surface area contributed by atoms with Gasteiger partial charge in [0.15, 0.2) is 0 Å². The van der Waals surface area contributed by atoms with Crippen LogP contribution in [0.4, 0.5) is 4.39 Å². The smallest absolute Gasteiger partial charge is 0.224 e. The minimum Gasteiger partial charge on any atom is -0.409 e. The lowest BCUT2D eigenvalue weighted by Crippen LogP contribution is -2.29. The number of rotatable bonds is 5. The summed E-state index contributed by atoms with van der Waals surface area (Å²) in [5.74, 6) is -0.888. The number of hydrogen-bond acceptors (Lipinski definition) is 3. The van der Waals surface area contributed by atoms with Crippen LogP contribution in [0.5, 0.6) is 0 Å². The zero-order valence-electron chi connectivity index (χ0n) is 9.49. The fourth-order valence-electron chi connectivity index (χ4n) is 1.30. The van der Waals surface area contributed by atoms with E-state index in [1.807, 2.05) is 0 Å². The van der Waals surface area contributed by atoms with Gasteiger partial charge < -0.3 is 16.3 Å². The molecule has 1 aromatic rings. The van der Waals surface area contributed by atoms with Crippen molar-refractivity contribution in [1.82, 2.24) is 5.32 Å². The van der Waals surface area contributed by atoms with E-state index in [4.69, 9.17) is 22.5 Å². The van der Waals surface area contributed by atoms with E-state index in [0.717, 1.165) is 0 Å². The van der Waals surface area contributed by atoms with Gasteiger partial charge in [0, 0.05) is 23.6 Å². The Morgan fingerprint density at radius 2 is 2.28 bits per heavy atom. The van der Waals surface area contributed by atoms with Crippen LogP contribution in [-0.2, 0) is 11.2 Å². The number of carbonyl (C=O) groups is 1. The molecule has 0 saturated heterocycles. The summed E-state index contributed by atoms with van der Waals surface area (Å²) >= 11 is 5.79. The molecule has 4 N–H and O–H groups in total. The molecular formula is C11H13ClFN3O2. The van der Waals surface area contributed by atoms with E-state index in [-0.39, 0.29) is 41.7 Å². The van der Waals surface area contributed by atoms with Crippen LogP contribution in [-0.4, -0.2) is 23.5 Å². The molecule has 0 aromatic heterocycles. The Bertz CT molecular complexity index is 445. The number of nitrogens with one attached hydrogen (secondary N) is 1. The monoisotopic (exact) mass is 273 g/mol. The summed E-state index contributed by atoms with van der Waals surface area (Å²) in [6, 6.07) is 4.23. The van der Waals surface area contributed by atoms with Crippen LogP contribution >= 0.6 is 11.6 Å². The summed E-state index contributed by atoms with van der Waals surface area (Å²) in [5.41, 5.74) is 5.38. The first-order chi connectivity index (χ1) is 8.54. The second-order valence-electron chi connectivity index (χ2n) is 3.57.